The van der Waals surface area contributed by atoms with Gasteiger partial charge in [0, 0.05) is 12.1 Å². The molecular formula is C14H17NO4. The van der Waals surface area contributed by atoms with E-state index in [1.165, 1.54) is 18.4 Å². The first kappa shape index (κ1) is 13.4. The molecule has 0 aliphatic heterocycles. The molecule has 19 heavy (non-hydrogen) atoms. The molecule has 1 aromatic heterocycles. The highest BCUT2D eigenvalue weighted by Gasteiger charge is 2.17. The molecule has 1 aliphatic rings. The van der Waals surface area contributed by atoms with Crippen molar-refractivity contribution in [3.8, 4) is 0 Å². The second-order valence-corrected chi connectivity index (χ2v) is 4.51. The van der Waals surface area contributed by atoms with Crippen molar-refractivity contribution in [2.45, 2.75) is 31.7 Å². The third-order valence-electron chi connectivity index (χ3n) is 2.99. The molecule has 0 aromatic carbocycles. The smallest absolute Gasteiger partial charge is 0.331 e. The van der Waals surface area contributed by atoms with Gasteiger partial charge in [-0.2, -0.15) is 0 Å². The zero-order valence-electron chi connectivity index (χ0n) is 10.6. The molecule has 102 valence electrons. The minimum Gasteiger partial charge on any atom is -0.465 e. The Morgan fingerprint density at radius 1 is 1.42 bits per heavy atom. The van der Waals surface area contributed by atoms with E-state index in [1.54, 1.807) is 12.1 Å². The topological polar surface area (TPSA) is 68.5 Å². The number of amides is 1. The molecule has 1 aromatic rings. The molecule has 0 spiro atoms. The zero-order chi connectivity index (χ0) is 13.5. The van der Waals surface area contributed by atoms with E-state index < -0.39 is 5.97 Å². The van der Waals surface area contributed by atoms with Crippen LogP contribution in [0.4, 0.5) is 0 Å². The van der Waals surface area contributed by atoms with Gasteiger partial charge in [0.1, 0.15) is 5.76 Å². The molecule has 1 saturated carbocycles. The van der Waals surface area contributed by atoms with Gasteiger partial charge in [-0.1, -0.05) is 12.8 Å². The SMILES string of the molecule is O=C(COC(=O)/C=C/c1ccco1)NC1CCCC1. The van der Waals surface area contributed by atoms with Crippen molar-refractivity contribution >= 4 is 18.0 Å². The molecule has 0 atom stereocenters. The van der Waals surface area contributed by atoms with Gasteiger partial charge < -0.3 is 14.5 Å². The van der Waals surface area contributed by atoms with E-state index in [9.17, 15) is 9.59 Å². The van der Waals surface area contributed by atoms with Crippen LogP contribution in [0.1, 0.15) is 31.4 Å². The second-order valence-electron chi connectivity index (χ2n) is 4.51. The minimum absolute atomic E-state index is 0.238. The number of carbonyl (C=O) groups is 2. The van der Waals surface area contributed by atoms with Gasteiger partial charge in [0.2, 0.25) is 0 Å². The van der Waals surface area contributed by atoms with Crippen molar-refractivity contribution in [1.82, 2.24) is 5.32 Å². The molecule has 0 radical (unpaired) electrons. The Balaban J connectivity index is 1.66. The summed E-state index contributed by atoms with van der Waals surface area (Å²) in [6.45, 7) is -0.238. The van der Waals surface area contributed by atoms with Gasteiger partial charge in [0.25, 0.3) is 5.91 Å². The van der Waals surface area contributed by atoms with Crippen molar-refractivity contribution in [3.63, 3.8) is 0 Å². The van der Waals surface area contributed by atoms with Crippen LogP contribution in [0, 0.1) is 0 Å². The number of ether oxygens (including phenoxy) is 1. The lowest BCUT2D eigenvalue weighted by molar-refractivity contribution is -0.144. The number of carbonyl (C=O) groups excluding carboxylic acids is 2. The van der Waals surface area contributed by atoms with Crippen LogP contribution in [-0.2, 0) is 14.3 Å². The van der Waals surface area contributed by atoms with E-state index in [0.717, 1.165) is 25.7 Å². The van der Waals surface area contributed by atoms with Crippen molar-refractivity contribution in [2.75, 3.05) is 6.61 Å². The third-order valence-corrected chi connectivity index (χ3v) is 2.99. The van der Waals surface area contributed by atoms with E-state index >= 15 is 0 Å². The highest BCUT2D eigenvalue weighted by molar-refractivity contribution is 5.88. The average Bonchev–Trinajstić information content (AvgIpc) is 3.06. The van der Waals surface area contributed by atoms with Crippen LogP contribution >= 0.6 is 0 Å². The summed E-state index contributed by atoms with van der Waals surface area (Å²) in [6.07, 6.45) is 8.57. The Bertz CT molecular complexity index is 444. The molecule has 0 bridgehead atoms. The van der Waals surface area contributed by atoms with Crippen molar-refractivity contribution in [1.29, 1.82) is 0 Å². The molecule has 5 nitrogen and oxygen atoms in total. The van der Waals surface area contributed by atoms with Gasteiger partial charge in [-0.15, -0.1) is 0 Å². The van der Waals surface area contributed by atoms with Gasteiger partial charge in [-0.25, -0.2) is 4.79 Å². The lowest BCUT2D eigenvalue weighted by Crippen LogP contribution is -2.35. The standard InChI is InChI=1S/C14H17NO4/c16-13(15-11-4-1-2-5-11)10-19-14(17)8-7-12-6-3-9-18-12/h3,6-9,11H,1-2,4-5,10H2,(H,15,16)/b8-7+. The molecule has 1 heterocycles. The van der Waals surface area contributed by atoms with E-state index in [2.05, 4.69) is 5.32 Å². The predicted molar refractivity (Wildman–Crippen MR) is 69.1 cm³/mol. The summed E-state index contributed by atoms with van der Waals surface area (Å²) in [5.41, 5.74) is 0. The Labute approximate surface area is 111 Å². The van der Waals surface area contributed by atoms with E-state index in [-0.39, 0.29) is 18.6 Å². The number of furan rings is 1. The van der Waals surface area contributed by atoms with Gasteiger partial charge in [0.15, 0.2) is 6.61 Å². The largest absolute Gasteiger partial charge is 0.465 e. The van der Waals surface area contributed by atoms with Crippen molar-refractivity contribution < 1.29 is 18.7 Å². The van der Waals surface area contributed by atoms with Gasteiger partial charge >= 0.3 is 5.97 Å². The Kier molecular flexibility index (Phi) is 4.78. The highest BCUT2D eigenvalue weighted by Crippen LogP contribution is 2.17. The molecule has 2 rings (SSSR count). The van der Waals surface area contributed by atoms with E-state index in [0.29, 0.717) is 5.76 Å². The van der Waals surface area contributed by atoms with Crippen LogP contribution in [-0.4, -0.2) is 24.5 Å². The number of esters is 1. The first-order valence-electron chi connectivity index (χ1n) is 6.42. The predicted octanol–water partition coefficient (Wildman–Crippen LogP) is 1.89. The molecule has 0 saturated heterocycles. The summed E-state index contributed by atoms with van der Waals surface area (Å²) in [6, 6.07) is 3.68. The maximum Gasteiger partial charge on any atom is 0.331 e. The van der Waals surface area contributed by atoms with Crippen LogP contribution in [0.2, 0.25) is 0 Å². The lowest BCUT2D eigenvalue weighted by Gasteiger charge is -2.11. The van der Waals surface area contributed by atoms with Gasteiger partial charge in [-0.05, 0) is 31.1 Å². The molecule has 5 heteroatoms. The summed E-state index contributed by atoms with van der Waals surface area (Å²) < 4.78 is 9.86. The quantitative estimate of drug-likeness (QED) is 0.650. The van der Waals surface area contributed by atoms with Crippen molar-refractivity contribution in [2.24, 2.45) is 0 Å². The molecule has 1 fully saturated rings. The fraction of sp³-hybridized carbons (Fsp3) is 0.429. The van der Waals surface area contributed by atoms with E-state index in [1.807, 2.05) is 0 Å². The third kappa shape index (κ3) is 4.62. The number of hydrogen-bond acceptors (Lipinski definition) is 4. The maximum atomic E-state index is 11.5. The molecule has 1 amide bonds. The second kappa shape index (κ2) is 6.78. The zero-order valence-corrected chi connectivity index (χ0v) is 10.6. The minimum atomic E-state index is -0.557. The van der Waals surface area contributed by atoms with Gasteiger partial charge in [0.05, 0.1) is 6.26 Å². The summed E-state index contributed by atoms with van der Waals surface area (Å²) in [5.74, 6) is -0.239. The summed E-state index contributed by atoms with van der Waals surface area (Å²) in [7, 11) is 0. The normalized spacial score (nSPS) is 15.8. The number of nitrogens with one attached hydrogen (secondary N) is 1. The lowest BCUT2D eigenvalue weighted by atomic mass is 10.2. The number of hydrogen-bond donors (Lipinski definition) is 1. The average molecular weight is 263 g/mol. The summed E-state index contributed by atoms with van der Waals surface area (Å²) >= 11 is 0. The summed E-state index contributed by atoms with van der Waals surface area (Å²) in [4.78, 5) is 22.9. The maximum absolute atomic E-state index is 11.5. The Morgan fingerprint density at radius 3 is 2.89 bits per heavy atom. The molecule has 0 unspecified atom stereocenters. The molecule has 1 aliphatic carbocycles. The van der Waals surface area contributed by atoms with Crippen LogP contribution < -0.4 is 5.32 Å². The molecule has 1 N–H and O–H groups in total. The van der Waals surface area contributed by atoms with Crippen LogP contribution in [0.3, 0.4) is 0 Å². The highest BCUT2D eigenvalue weighted by atomic mass is 16.5. The van der Waals surface area contributed by atoms with E-state index in [4.69, 9.17) is 9.15 Å². The molecular weight excluding hydrogens is 246 g/mol. The fourth-order valence-electron chi connectivity index (χ4n) is 2.06. The van der Waals surface area contributed by atoms with Gasteiger partial charge in [-0.3, -0.25) is 4.79 Å². The number of rotatable bonds is 5. The summed E-state index contributed by atoms with van der Waals surface area (Å²) in [5, 5.41) is 2.85. The first-order chi connectivity index (χ1) is 9.24. The van der Waals surface area contributed by atoms with Crippen LogP contribution in [0.5, 0.6) is 0 Å². The Morgan fingerprint density at radius 2 is 2.21 bits per heavy atom. The van der Waals surface area contributed by atoms with Crippen LogP contribution in [0.25, 0.3) is 6.08 Å². The van der Waals surface area contributed by atoms with Crippen molar-refractivity contribution in [3.05, 3.63) is 30.2 Å². The monoisotopic (exact) mass is 263 g/mol. The fourth-order valence-corrected chi connectivity index (χ4v) is 2.06. The Hall–Kier alpha value is -2.04. The first-order valence-corrected chi connectivity index (χ1v) is 6.42. The van der Waals surface area contributed by atoms with Crippen LogP contribution in [0.15, 0.2) is 28.9 Å².